The number of hydrogen-bond acceptors (Lipinski definition) is 13. The number of aromatic hydroxyl groups is 4. The molecule has 4 aliphatic heterocycles. The van der Waals surface area contributed by atoms with Crippen LogP contribution in [-0.4, -0.2) is 116 Å². The molecule has 0 unspecified atom stereocenters. The normalized spacial score (nSPS) is 15.0. The minimum Gasteiger partial charge on any atom is -0.508 e. The van der Waals surface area contributed by atoms with Crippen molar-refractivity contribution in [2.24, 2.45) is 0 Å². The number of nitrogens with zero attached hydrogens (tertiary/aromatic N) is 4. The Bertz CT molecular complexity index is 4720. The van der Waals surface area contributed by atoms with Gasteiger partial charge in [0.25, 0.3) is 47.3 Å². The van der Waals surface area contributed by atoms with Crippen molar-refractivity contribution in [2.75, 3.05) is 23.9 Å². The van der Waals surface area contributed by atoms with Gasteiger partial charge in [-0.05, 0) is 155 Å². The van der Waals surface area contributed by atoms with E-state index in [-0.39, 0.29) is 67.3 Å². The van der Waals surface area contributed by atoms with Crippen molar-refractivity contribution in [3.05, 3.63) is 223 Å². The smallest absolute Gasteiger partial charge is 0.411 e. The Kier molecular flexibility index (Phi) is 15.1. The van der Waals surface area contributed by atoms with E-state index in [2.05, 4.69) is 0 Å². The molecule has 486 valence electrons. The van der Waals surface area contributed by atoms with Gasteiger partial charge in [-0.15, -0.1) is 0 Å². The number of carbonyl (C=O) groups excluding carboxylic acids is 8. The van der Waals surface area contributed by atoms with Gasteiger partial charge < -0.3 is 25.2 Å². The SMILES string of the molecule is Cc1cc(C(c2ccc(O)c(N3C(=O)c4ccc(Oc5ccc6c(c5)C(=O)N(C)C6=O)cc4C3=O)c2)(C(F)(F)F)C(F)(F)F)ccc1O.Cc1ccc(-c2ccc(N3C(=O)c4ccc(C(c5ccc6c(c5)C(=O)N(C)C6=O)(C(F)(F)F)C(F)(F)F)cc4C3=O)c(O)c2)cc1O. The minimum absolute atomic E-state index is 0.0386. The number of carbonyl (C=O) groups is 8. The van der Waals surface area contributed by atoms with Crippen LogP contribution in [0.25, 0.3) is 11.1 Å². The summed E-state index contributed by atoms with van der Waals surface area (Å²) >= 11 is 0. The van der Waals surface area contributed by atoms with Gasteiger partial charge >= 0.3 is 24.7 Å². The molecule has 0 aliphatic carbocycles. The van der Waals surface area contributed by atoms with Crippen LogP contribution in [0.4, 0.5) is 64.1 Å². The third kappa shape index (κ3) is 9.88. The number of anilines is 2. The third-order valence-electron chi connectivity index (χ3n) is 16.7. The minimum atomic E-state index is -6.10. The fraction of sp³-hybridized carbons (Fsp3) is 0.152. The van der Waals surface area contributed by atoms with Gasteiger partial charge in [0.1, 0.15) is 34.5 Å². The molecular weight excluding hydrogens is 1280 g/mol. The van der Waals surface area contributed by atoms with Gasteiger partial charge in [-0.2, -0.15) is 52.7 Å². The lowest BCUT2D eigenvalue weighted by molar-refractivity contribution is -0.290. The first-order chi connectivity index (χ1) is 44.3. The number of amides is 8. The van der Waals surface area contributed by atoms with Crippen LogP contribution in [0.1, 0.15) is 116 Å². The zero-order chi connectivity index (χ0) is 69.5. The maximum absolute atomic E-state index is 14.9. The van der Waals surface area contributed by atoms with Gasteiger partial charge in [0.05, 0.1) is 55.9 Å². The Hall–Kier alpha value is -11.5. The van der Waals surface area contributed by atoms with Crippen molar-refractivity contribution in [1.82, 2.24) is 9.80 Å². The predicted octanol–water partition coefficient (Wildman–Crippen LogP) is 13.1. The maximum Gasteiger partial charge on any atom is 0.411 e. The van der Waals surface area contributed by atoms with Crippen LogP contribution in [0.15, 0.2) is 146 Å². The third-order valence-corrected chi connectivity index (χ3v) is 16.7. The highest BCUT2D eigenvalue weighted by molar-refractivity contribution is 6.36. The maximum atomic E-state index is 14.9. The van der Waals surface area contributed by atoms with Crippen LogP contribution < -0.4 is 14.5 Å². The number of imide groups is 4. The number of hydrogen-bond donors (Lipinski definition) is 4. The number of alkyl halides is 12. The molecule has 4 heterocycles. The standard InChI is InChI=1S/C33H20F6N2O7.C33H20F6N2O6/c1-15-11-16(3-9-25(15)42)31(32(34,35)36,33(37,38)39)17-4-10-26(43)24(12-17)41-29(46)21-8-6-19(14-23(21)30(41)47)48-18-5-7-20-22(13-18)28(45)40(2)27(20)44;1-15-3-4-16(11-25(15)42)17-5-10-24(26(43)12-17)41-29(46)21-9-7-19(14-23(21)30(41)47)31(32(34,35)36,33(37,38)39)18-6-8-20-22(13-18)28(45)40(2)27(20)44/h3-14,42-43H,1-2H3;3-14,42-43H,1-2H3. The molecule has 8 aromatic rings. The molecule has 8 aromatic carbocycles. The number of aryl methyl sites for hydroxylation is 2. The average molecular weight is 1330 g/mol. The molecule has 17 nitrogen and oxygen atoms in total. The van der Waals surface area contributed by atoms with E-state index >= 15 is 0 Å². The molecule has 0 atom stereocenters. The largest absolute Gasteiger partial charge is 0.508 e. The number of phenolic OH excluding ortho intramolecular Hbond substituents is 4. The number of fused-ring (bicyclic) bond motifs is 4. The first-order valence-corrected chi connectivity index (χ1v) is 27.5. The van der Waals surface area contributed by atoms with Gasteiger partial charge in [-0.3, -0.25) is 48.2 Å². The van der Waals surface area contributed by atoms with E-state index in [0.29, 0.717) is 93.2 Å². The van der Waals surface area contributed by atoms with Gasteiger partial charge in [-0.1, -0.05) is 48.5 Å². The summed E-state index contributed by atoms with van der Waals surface area (Å²) in [6.07, 6.45) is -24.3. The molecule has 0 saturated carbocycles. The van der Waals surface area contributed by atoms with Crippen LogP contribution in [0.5, 0.6) is 34.5 Å². The van der Waals surface area contributed by atoms with Crippen LogP contribution in [-0.2, 0) is 10.8 Å². The summed E-state index contributed by atoms with van der Waals surface area (Å²) in [7, 11) is 2.33. The number of ether oxygens (including phenoxy) is 1. The summed E-state index contributed by atoms with van der Waals surface area (Å²) in [6, 6.07) is 21.7. The van der Waals surface area contributed by atoms with Crippen molar-refractivity contribution in [1.29, 1.82) is 0 Å². The molecule has 0 spiro atoms. The van der Waals surface area contributed by atoms with E-state index in [4.69, 9.17) is 4.74 Å². The summed E-state index contributed by atoms with van der Waals surface area (Å²) in [5.74, 6) is -9.97. The molecule has 4 aliphatic rings. The Balaban J connectivity index is 0.000000193. The highest BCUT2D eigenvalue weighted by atomic mass is 19.4. The predicted molar refractivity (Wildman–Crippen MR) is 308 cm³/mol. The van der Waals surface area contributed by atoms with Gasteiger partial charge in [-0.25, -0.2) is 9.80 Å². The summed E-state index contributed by atoms with van der Waals surface area (Å²) in [5, 5.41) is 41.2. The Morgan fingerprint density at radius 3 is 1.08 bits per heavy atom. The molecule has 0 radical (unpaired) electrons. The van der Waals surface area contributed by atoms with Crippen molar-refractivity contribution >= 4 is 58.6 Å². The van der Waals surface area contributed by atoms with Crippen LogP contribution in [0.2, 0.25) is 0 Å². The Labute approximate surface area is 525 Å². The summed E-state index contributed by atoms with van der Waals surface area (Å²) in [4.78, 5) is 105. The zero-order valence-corrected chi connectivity index (χ0v) is 48.6. The van der Waals surface area contributed by atoms with E-state index in [1.165, 1.54) is 55.6 Å². The Morgan fingerprint density at radius 2 is 0.642 bits per heavy atom. The quantitative estimate of drug-likeness (QED) is 0.0778. The second kappa shape index (κ2) is 22.1. The van der Waals surface area contributed by atoms with Crippen LogP contribution >= 0.6 is 0 Å². The topological polar surface area (TPSA) is 240 Å². The van der Waals surface area contributed by atoms with E-state index in [0.717, 1.165) is 31.0 Å². The molecule has 12 rings (SSSR count). The molecule has 0 aromatic heterocycles. The van der Waals surface area contributed by atoms with E-state index < -0.39 is 145 Å². The molecule has 0 fully saturated rings. The monoisotopic (exact) mass is 1320 g/mol. The summed E-state index contributed by atoms with van der Waals surface area (Å²) in [6.45, 7) is 2.77. The lowest BCUT2D eigenvalue weighted by atomic mass is 9.71. The molecule has 95 heavy (non-hydrogen) atoms. The highest BCUT2D eigenvalue weighted by Gasteiger charge is 2.74. The van der Waals surface area contributed by atoms with Gasteiger partial charge in [0.2, 0.25) is 10.8 Å². The summed E-state index contributed by atoms with van der Waals surface area (Å²) in [5.41, 5.74) is -18.2. The average Bonchev–Trinajstić information content (AvgIpc) is 1.37. The highest BCUT2D eigenvalue weighted by Crippen LogP contribution is 2.59. The van der Waals surface area contributed by atoms with Gasteiger partial charge in [0.15, 0.2) is 0 Å². The lowest BCUT2D eigenvalue weighted by Crippen LogP contribution is -2.55. The zero-order valence-electron chi connectivity index (χ0n) is 48.6. The second-order valence-electron chi connectivity index (χ2n) is 22.2. The first-order valence-electron chi connectivity index (χ1n) is 27.5. The van der Waals surface area contributed by atoms with E-state index in [9.17, 15) is 111 Å². The van der Waals surface area contributed by atoms with Crippen molar-refractivity contribution in [3.8, 4) is 45.6 Å². The number of phenols is 4. The lowest BCUT2D eigenvalue weighted by Gasteiger charge is -2.39. The fourth-order valence-corrected chi connectivity index (χ4v) is 11.8. The molecule has 8 amide bonds. The van der Waals surface area contributed by atoms with E-state index in [1.54, 1.807) is 19.1 Å². The van der Waals surface area contributed by atoms with Crippen LogP contribution in [0.3, 0.4) is 0 Å². The number of halogens is 12. The van der Waals surface area contributed by atoms with Gasteiger partial charge in [0, 0.05) is 14.1 Å². The number of benzene rings is 8. The fourth-order valence-electron chi connectivity index (χ4n) is 11.8. The molecule has 29 heteroatoms. The first kappa shape index (κ1) is 65.0. The second-order valence-corrected chi connectivity index (χ2v) is 22.2. The van der Waals surface area contributed by atoms with Crippen molar-refractivity contribution in [2.45, 2.75) is 49.4 Å². The van der Waals surface area contributed by atoms with Crippen LogP contribution in [0, 0.1) is 13.8 Å². The Morgan fingerprint density at radius 1 is 0.305 bits per heavy atom. The number of rotatable bonds is 9. The van der Waals surface area contributed by atoms with Crippen molar-refractivity contribution < 1.29 is 116 Å². The van der Waals surface area contributed by atoms with Crippen molar-refractivity contribution in [3.63, 3.8) is 0 Å². The molecule has 0 bridgehead atoms. The molecular formula is C66H40F12N4O13. The molecule has 4 N–H and O–H groups in total. The summed E-state index contributed by atoms with van der Waals surface area (Å²) < 4.78 is 184. The molecule has 0 saturated heterocycles. The van der Waals surface area contributed by atoms with E-state index in [1.807, 2.05) is 0 Å².